The van der Waals surface area contributed by atoms with Crippen LogP contribution in [0, 0.1) is 34.5 Å². The second kappa shape index (κ2) is 7.41. The van der Waals surface area contributed by atoms with Crippen LogP contribution in [0.2, 0.25) is 0 Å². The molecule has 8 atom stereocenters. The Labute approximate surface area is 169 Å². The van der Waals surface area contributed by atoms with Crippen LogP contribution in [-0.2, 0) is 14.3 Å². The number of nitrogens with zero attached hydrogens (tertiary/aromatic N) is 1. The number of carbonyl (C=O) groups excluding carboxylic acids is 1. The van der Waals surface area contributed by atoms with Crippen LogP contribution in [0.5, 0.6) is 0 Å². The van der Waals surface area contributed by atoms with Gasteiger partial charge in [-0.15, -0.1) is 0 Å². The standard InChI is InChI=1S/C23H37NO4/c1-22-10-8-20(25)24(3)19(22)6-5-16-17(22)7-9-23(2)18(16)13-15(21(23)26)14-28-12-11-27-4/h8,10,15-19,21,26H,5-7,9,11-14H2,1-4H3/t15?,16-,17-,18+,19?,21?,22-,23+/m1/s1. The van der Waals surface area contributed by atoms with Crippen LogP contribution in [0.4, 0.5) is 0 Å². The number of amides is 1. The van der Waals surface area contributed by atoms with E-state index in [1.54, 1.807) is 13.2 Å². The Morgan fingerprint density at radius 1 is 1.21 bits per heavy atom. The first-order valence-corrected chi connectivity index (χ1v) is 11.0. The molecule has 3 saturated carbocycles. The first kappa shape index (κ1) is 20.4. The van der Waals surface area contributed by atoms with Crippen molar-refractivity contribution in [1.29, 1.82) is 0 Å². The number of aliphatic hydroxyl groups is 1. The van der Waals surface area contributed by atoms with Crippen molar-refractivity contribution in [1.82, 2.24) is 4.90 Å². The molecule has 0 spiro atoms. The Kier molecular flexibility index (Phi) is 5.39. The van der Waals surface area contributed by atoms with Gasteiger partial charge in [-0.05, 0) is 61.3 Å². The highest BCUT2D eigenvalue weighted by Crippen LogP contribution is 2.64. The fraction of sp³-hybridized carbons (Fsp3) is 0.870. The third kappa shape index (κ3) is 2.96. The van der Waals surface area contributed by atoms with Crippen LogP contribution >= 0.6 is 0 Å². The maximum absolute atomic E-state index is 12.2. The summed E-state index contributed by atoms with van der Waals surface area (Å²) in [4.78, 5) is 14.2. The zero-order valence-electron chi connectivity index (χ0n) is 17.9. The number of ether oxygens (including phenoxy) is 2. The van der Waals surface area contributed by atoms with Gasteiger partial charge in [0.25, 0.3) is 0 Å². The first-order chi connectivity index (χ1) is 13.3. The molecule has 0 aromatic carbocycles. The number of likely N-dealkylation sites (N-methyl/N-ethyl adjacent to an activating group) is 1. The molecular formula is C23H37NO4. The number of hydrogen-bond acceptors (Lipinski definition) is 4. The van der Waals surface area contributed by atoms with Crippen LogP contribution in [0.1, 0.15) is 46.0 Å². The molecule has 4 aliphatic rings. The van der Waals surface area contributed by atoms with Crippen LogP contribution in [0.25, 0.3) is 0 Å². The van der Waals surface area contributed by atoms with Gasteiger partial charge in [0.1, 0.15) is 0 Å². The van der Waals surface area contributed by atoms with Crippen LogP contribution in [-0.4, -0.2) is 62.0 Å². The smallest absolute Gasteiger partial charge is 0.246 e. The summed E-state index contributed by atoms with van der Waals surface area (Å²) < 4.78 is 10.9. The van der Waals surface area contributed by atoms with Crippen LogP contribution in [0.15, 0.2) is 12.2 Å². The Morgan fingerprint density at radius 2 is 2.00 bits per heavy atom. The number of rotatable bonds is 5. The third-order valence-electron chi connectivity index (χ3n) is 9.01. The predicted molar refractivity (Wildman–Crippen MR) is 108 cm³/mol. The van der Waals surface area contributed by atoms with Gasteiger partial charge in [-0.1, -0.05) is 19.9 Å². The van der Waals surface area contributed by atoms with Gasteiger partial charge < -0.3 is 19.5 Å². The van der Waals surface area contributed by atoms with E-state index in [0.717, 1.165) is 25.7 Å². The molecule has 28 heavy (non-hydrogen) atoms. The van der Waals surface area contributed by atoms with Crippen molar-refractivity contribution >= 4 is 5.91 Å². The maximum atomic E-state index is 12.2. The molecule has 1 aliphatic heterocycles. The van der Waals surface area contributed by atoms with E-state index in [0.29, 0.717) is 43.6 Å². The van der Waals surface area contributed by atoms with Crippen molar-refractivity contribution in [3.05, 3.63) is 12.2 Å². The summed E-state index contributed by atoms with van der Waals surface area (Å²) in [7, 11) is 3.65. The number of aliphatic hydroxyl groups excluding tert-OH is 1. The third-order valence-corrected chi connectivity index (χ3v) is 9.01. The molecule has 0 aromatic rings. The monoisotopic (exact) mass is 391 g/mol. The van der Waals surface area contributed by atoms with Crippen LogP contribution in [0.3, 0.4) is 0 Å². The van der Waals surface area contributed by atoms with Gasteiger partial charge >= 0.3 is 0 Å². The summed E-state index contributed by atoms with van der Waals surface area (Å²) in [5.74, 6) is 2.14. The molecule has 158 valence electrons. The van der Waals surface area contributed by atoms with E-state index in [4.69, 9.17) is 9.47 Å². The number of methoxy groups -OCH3 is 1. The largest absolute Gasteiger partial charge is 0.392 e. The lowest BCUT2D eigenvalue weighted by molar-refractivity contribution is -0.140. The second-order valence-electron chi connectivity index (χ2n) is 10.2. The van der Waals surface area contributed by atoms with Gasteiger partial charge in [-0.3, -0.25) is 4.79 Å². The van der Waals surface area contributed by atoms with Crippen molar-refractivity contribution in [2.45, 2.75) is 58.1 Å². The summed E-state index contributed by atoms with van der Waals surface area (Å²) >= 11 is 0. The van der Waals surface area contributed by atoms with Crippen molar-refractivity contribution in [3.63, 3.8) is 0 Å². The highest BCUT2D eigenvalue weighted by atomic mass is 16.5. The average Bonchev–Trinajstić information content (AvgIpc) is 2.93. The summed E-state index contributed by atoms with van der Waals surface area (Å²) in [5.41, 5.74) is 0.0602. The van der Waals surface area contributed by atoms with Crippen molar-refractivity contribution < 1.29 is 19.4 Å². The van der Waals surface area contributed by atoms with E-state index in [9.17, 15) is 9.90 Å². The van der Waals surface area contributed by atoms with Gasteiger partial charge in [0, 0.05) is 31.5 Å². The molecule has 1 amide bonds. The molecule has 0 bridgehead atoms. The Bertz CT molecular complexity index is 636. The minimum absolute atomic E-state index is 0.000249. The minimum Gasteiger partial charge on any atom is -0.392 e. The molecule has 5 heteroatoms. The van der Waals surface area contributed by atoms with Crippen molar-refractivity contribution in [3.8, 4) is 0 Å². The van der Waals surface area contributed by atoms with E-state index >= 15 is 0 Å². The molecule has 1 N–H and O–H groups in total. The second-order valence-corrected chi connectivity index (χ2v) is 10.2. The lowest BCUT2D eigenvalue weighted by Gasteiger charge is -2.60. The number of hydrogen-bond donors (Lipinski definition) is 1. The van der Waals surface area contributed by atoms with Crippen molar-refractivity contribution in [2.24, 2.45) is 34.5 Å². The molecule has 0 aromatic heterocycles. The highest BCUT2D eigenvalue weighted by molar-refractivity contribution is 5.89. The fourth-order valence-corrected chi connectivity index (χ4v) is 7.43. The van der Waals surface area contributed by atoms with Crippen LogP contribution < -0.4 is 0 Å². The van der Waals surface area contributed by atoms with E-state index in [1.165, 1.54) is 6.42 Å². The number of carbonyl (C=O) groups is 1. The molecule has 0 radical (unpaired) electrons. The summed E-state index contributed by atoms with van der Waals surface area (Å²) in [6, 6.07) is 0.315. The Balaban J connectivity index is 1.53. The van der Waals surface area contributed by atoms with E-state index in [2.05, 4.69) is 19.9 Å². The van der Waals surface area contributed by atoms with Gasteiger partial charge in [0.15, 0.2) is 0 Å². The predicted octanol–water partition coefficient (Wildman–Crippen LogP) is 2.88. The topological polar surface area (TPSA) is 59.0 Å². The lowest BCUT2D eigenvalue weighted by Crippen LogP contribution is -2.59. The van der Waals surface area contributed by atoms with E-state index in [1.807, 2.05) is 11.9 Å². The molecule has 3 aliphatic carbocycles. The molecular weight excluding hydrogens is 354 g/mol. The van der Waals surface area contributed by atoms with Gasteiger partial charge in [0.05, 0.1) is 25.9 Å². The summed E-state index contributed by atoms with van der Waals surface area (Å²) in [6.07, 6.45) is 9.25. The van der Waals surface area contributed by atoms with E-state index < -0.39 is 0 Å². The first-order valence-electron chi connectivity index (χ1n) is 11.0. The highest BCUT2D eigenvalue weighted by Gasteiger charge is 2.62. The molecule has 0 saturated heterocycles. The zero-order valence-corrected chi connectivity index (χ0v) is 17.9. The minimum atomic E-state index is -0.280. The molecule has 1 heterocycles. The zero-order chi connectivity index (χ0) is 20.1. The summed E-state index contributed by atoms with van der Waals surface area (Å²) in [6.45, 7) is 6.51. The van der Waals surface area contributed by atoms with Gasteiger partial charge in [-0.25, -0.2) is 0 Å². The van der Waals surface area contributed by atoms with Crippen molar-refractivity contribution in [2.75, 3.05) is 34.0 Å². The molecule has 3 fully saturated rings. The lowest BCUT2D eigenvalue weighted by atomic mass is 9.48. The summed E-state index contributed by atoms with van der Waals surface area (Å²) in [5, 5.41) is 11.2. The Hall–Kier alpha value is -0.910. The normalized spacial score (nSPS) is 47.6. The van der Waals surface area contributed by atoms with Gasteiger partial charge in [0.2, 0.25) is 5.91 Å². The molecule has 3 unspecified atom stereocenters. The number of fused-ring (bicyclic) bond motifs is 5. The Morgan fingerprint density at radius 3 is 2.75 bits per heavy atom. The molecule has 5 nitrogen and oxygen atoms in total. The quantitative estimate of drug-likeness (QED) is 0.732. The fourth-order valence-electron chi connectivity index (χ4n) is 7.43. The van der Waals surface area contributed by atoms with E-state index in [-0.39, 0.29) is 28.8 Å². The van der Waals surface area contributed by atoms with Gasteiger partial charge in [-0.2, -0.15) is 0 Å². The maximum Gasteiger partial charge on any atom is 0.246 e. The average molecular weight is 392 g/mol. The molecule has 4 rings (SSSR count). The SMILES string of the molecule is COCCOCC1C[C@H]2[C@@H]3CCC4N(C)C(=O)C=C[C@]4(C)[C@@H]3CC[C@]2(C)C1O.